The van der Waals surface area contributed by atoms with Crippen LogP contribution in [0.2, 0.25) is 0 Å². The number of nitrogens with zero attached hydrogens (tertiary/aromatic N) is 2. The number of amides is 2. The van der Waals surface area contributed by atoms with Gasteiger partial charge in [-0.05, 0) is 30.9 Å². The van der Waals surface area contributed by atoms with Crippen LogP contribution in [0.4, 0.5) is 5.69 Å². The van der Waals surface area contributed by atoms with E-state index in [1.807, 2.05) is 11.0 Å². The Morgan fingerprint density at radius 3 is 2.69 bits per heavy atom. The summed E-state index contributed by atoms with van der Waals surface area (Å²) in [5, 5.41) is 3.29. The monoisotopic (exact) mass is 418 g/mol. The first kappa shape index (κ1) is 19.9. The van der Waals surface area contributed by atoms with Crippen molar-refractivity contribution in [2.75, 3.05) is 31.5 Å². The van der Waals surface area contributed by atoms with Crippen LogP contribution in [-0.4, -0.2) is 62.4 Å². The Labute approximate surface area is 171 Å². The highest BCUT2D eigenvalue weighted by molar-refractivity contribution is 7.89. The van der Waals surface area contributed by atoms with E-state index in [-0.39, 0.29) is 41.1 Å². The number of sulfonamides is 1. The molecule has 2 unspecified atom stereocenters. The lowest BCUT2D eigenvalue weighted by molar-refractivity contribution is -0.137. The number of piperidine rings is 1. The van der Waals surface area contributed by atoms with Crippen molar-refractivity contribution in [2.45, 2.75) is 30.3 Å². The van der Waals surface area contributed by atoms with Crippen LogP contribution in [0.25, 0.3) is 0 Å². The minimum Gasteiger partial charge on any atom is -0.368 e. The third kappa shape index (κ3) is 3.89. The smallest absolute Gasteiger partial charge is 0.244 e. The number of likely N-dealkylation sites (tertiary alicyclic amines) is 2. The van der Waals surface area contributed by atoms with Gasteiger partial charge in [-0.1, -0.05) is 18.2 Å². The SMILES string of the molecule is C=CCN1CC(C(=O)N2CCC(C3Nc4ccccc4S(=O)(=O)N3)CC2)CC1=O. The number of benzene rings is 1. The first-order valence-corrected chi connectivity index (χ1v) is 11.4. The number of nitrogens with one attached hydrogen (secondary N) is 2. The zero-order chi connectivity index (χ0) is 20.6. The van der Waals surface area contributed by atoms with E-state index in [2.05, 4.69) is 16.6 Å². The molecule has 2 fully saturated rings. The molecule has 2 amide bonds. The maximum Gasteiger partial charge on any atom is 0.244 e. The summed E-state index contributed by atoms with van der Waals surface area (Å²) in [5.41, 5.74) is 0.613. The Balaban J connectivity index is 1.36. The predicted molar refractivity (Wildman–Crippen MR) is 108 cm³/mol. The number of hydrogen-bond acceptors (Lipinski definition) is 5. The average molecular weight is 419 g/mol. The highest BCUT2D eigenvalue weighted by Crippen LogP contribution is 2.31. The molecule has 3 aliphatic heterocycles. The molecule has 4 rings (SSSR count). The summed E-state index contributed by atoms with van der Waals surface area (Å²) in [4.78, 5) is 28.6. The topological polar surface area (TPSA) is 98.8 Å². The summed E-state index contributed by atoms with van der Waals surface area (Å²) in [5.74, 6) is -0.189. The minimum absolute atomic E-state index is 0.00221. The Bertz CT molecular complexity index is 924. The van der Waals surface area contributed by atoms with E-state index in [9.17, 15) is 18.0 Å². The normalized spacial score (nSPS) is 26.7. The standard InChI is InChI=1S/C20H26N4O4S/c1-2-9-24-13-15(12-18(24)25)20(26)23-10-7-14(8-11-23)19-21-16-5-3-4-6-17(16)29(27,28)22-19/h2-6,14-15,19,21-22H,1,7-13H2. The fourth-order valence-corrected chi connectivity index (χ4v) is 5.83. The Morgan fingerprint density at radius 2 is 1.97 bits per heavy atom. The van der Waals surface area contributed by atoms with Crippen molar-refractivity contribution in [3.05, 3.63) is 36.9 Å². The van der Waals surface area contributed by atoms with E-state index >= 15 is 0 Å². The van der Waals surface area contributed by atoms with E-state index in [0.29, 0.717) is 44.7 Å². The van der Waals surface area contributed by atoms with Crippen LogP contribution in [0.5, 0.6) is 0 Å². The number of anilines is 1. The highest BCUT2D eigenvalue weighted by Gasteiger charge is 2.39. The average Bonchev–Trinajstić information content (AvgIpc) is 3.08. The lowest BCUT2D eigenvalue weighted by Gasteiger charge is -2.39. The van der Waals surface area contributed by atoms with Gasteiger partial charge in [0.1, 0.15) is 4.90 Å². The van der Waals surface area contributed by atoms with Crippen molar-refractivity contribution in [2.24, 2.45) is 11.8 Å². The molecule has 0 aliphatic carbocycles. The highest BCUT2D eigenvalue weighted by atomic mass is 32.2. The summed E-state index contributed by atoms with van der Waals surface area (Å²) in [7, 11) is -3.55. The van der Waals surface area contributed by atoms with Crippen molar-refractivity contribution < 1.29 is 18.0 Å². The van der Waals surface area contributed by atoms with Gasteiger partial charge in [0, 0.05) is 32.6 Å². The zero-order valence-electron chi connectivity index (χ0n) is 16.2. The molecule has 29 heavy (non-hydrogen) atoms. The molecule has 0 saturated carbocycles. The number of hydrogen-bond donors (Lipinski definition) is 2. The minimum atomic E-state index is -3.55. The quantitative estimate of drug-likeness (QED) is 0.711. The number of para-hydroxylation sites is 1. The van der Waals surface area contributed by atoms with Crippen LogP contribution in [-0.2, 0) is 19.6 Å². The van der Waals surface area contributed by atoms with Gasteiger partial charge in [-0.15, -0.1) is 6.58 Å². The number of rotatable bonds is 4. The van der Waals surface area contributed by atoms with Crippen molar-refractivity contribution in [1.29, 1.82) is 0 Å². The van der Waals surface area contributed by atoms with E-state index in [1.165, 1.54) is 0 Å². The van der Waals surface area contributed by atoms with Gasteiger partial charge in [0.25, 0.3) is 0 Å². The molecule has 3 aliphatic rings. The molecular weight excluding hydrogens is 392 g/mol. The van der Waals surface area contributed by atoms with Crippen molar-refractivity contribution in [1.82, 2.24) is 14.5 Å². The molecule has 9 heteroatoms. The van der Waals surface area contributed by atoms with Gasteiger partial charge in [0.15, 0.2) is 0 Å². The second-order valence-electron chi connectivity index (χ2n) is 7.89. The third-order valence-electron chi connectivity index (χ3n) is 6.01. The van der Waals surface area contributed by atoms with Crippen molar-refractivity contribution in [3.63, 3.8) is 0 Å². The van der Waals surface area contributed by atoms with E-state index < -0.39 is 10.0 Å². The van der Waals surface area contributed by atoms with Crippen LogP contribution >= 0.6 is 0 Å². The molecule has 8 nitrogen and oxygen atoms in total. The second kappa shape index (κ2) is 7.79. The predicted octanol–water partition coefficient (Wildman–Crippen LogP) is 0.990. The van der Waals surface area contributed by atoms with E-state index in [4.69, 9.17) is 0 Å². The Morgan fingerprint density at radius 1 is 1.24 bits per heavy atom. The van der Waals surface area contributed by atoms with Gasteiger partial charge in [0.05, 0.1) is 17.8 Å². The zero-order valence-corrected chi connectivity index (χ0v) is 17.0. The van der Waals surface area contributed by atoms with Crippen LogP contribution in [0, 0.1) is 11.8 Å². The van der Waals surface area contributed by atoms with Crippen molar-refractivity contribution >= 4 is 27.5 Å². The second-order valence-corrected chi connectivity index (χ2v) is 9.57. The molecule has 2 atom stereocenters. The van der Waals surface area contributed by atoms with Gasteiger partial charge in [-0.3, -0.25) is 9.59 Å². The van der Waals surface area contributed by atoms with Gasteiger partial charge < -0.3 is 15.1 Å². The largest absolute Gasteiger partial charge is 0.368 e. The molecule has 0 aromatic heterocycles. The maximum absolute atomic E-state index is 12.8. The molecular formula is C20H26N4O4S. The molecule has 0 spiro atoms. The molecule has 3 heterocycles. The maximum atomic E-state index is 12.8. The van der Waals surface area contributed by atoms with Crippen LogP contribution in [0.1, 0.15) is 19.3 Å². The molecule has 0 bridgehead atoms. The Kier molecular flexibility index (Phi) is 5.35. The summed E-state index contributed by atoms with van der Waals surface area (Å²) in [6.45, 7) is 5.71. The number of carbonyl (C=O) groups excluding carboxylic acids is 2. The Hall–Kier alpha value is -2.39. The van der Waals surface area contributed by atoms with E-state index in [1.54, 1.807) is 29.2 Å². The molecule has 156 valence electrons. The first-order chi connectivity index (χ1) is 13.9. The van der Waals surface area contributed by atoms with Crippen molar-refractivity contribution in [3.8, 4) is 0 Å². The third-order valence-corrected chi connectivity index (χ3v) is 7.50. The van der Waals surface area contributed by atoms with Gasteiger partial charge in [-0.25, -0.2) is 8.42 Å². The molecule has 1 aromatic carbocycles. The summed E-state index contributed by atoms with van der Waals surface area (Å²) < 4.78 is 27.8. The van der Waals surface area contributed by atoms with Crippen LogP contribution < -0.4 is 10.0 Å². The fourth-order valence-electron chi connectivity index (χ4n) is 4.44. The molecule has 2 N–H and O–H groups in total. The molecule has 2 saturated heterocycles. The molecule has 1 aromatic rings. The van der Waals surface area contributed by atoms with Crippen LogP contribution in [0.15, 0.2) is 41.8 Å². The fraction of sp³-hybridized carbons (Fsp3) is 0.500. The summed E-state index contributed by atoms with van der Waals surface area (Å²) in [6, 6.07) is 6.86. The van der Waals surface area contributed by atoms with Gasteiger partial charge in [-0.2, -0.15) is 4.72 Å². The lowest BCUT2D eigenvalue weighted by Crippen LogP contribution is -2.53. The summed E-state index contributed by atoms with van der Waals surface area (Å²) >= 11 is 0. The molecule has 0 radical (unpaired) electrons. The first-order valence-electron chi connectivity index (χ1n) is 9.94. The van der Waals surface area contributed by atoms with Gasteiger partial charge in [0.2, 0.25) is 21.8 Å². The number of fused-ring (bicyclic) bond motifs is 1. The van der Waals surface area contributed by atoms with Crippen LogP contribution in [0.3, 0.4) is 0 Å². The number of carbonyl (C=O) groups is 2. The van der Waals surface area contributed by atoms with Gasteiger partial charge >= 0.3 is 0 Å². The summed E-state index contributed by atoms with van der Waals surface area (Å²) in [6.07, 6.45) is 2.94. The van der Waals surface area contributed by atoms with E-state index in [0.717, 1.165) is 0 Å². The lowest BCUT2D eigenvalue weighted by atomic mass is 9.92.